The van der Waals surface area contributed by atoms with E-state index < -0.39 is 10.0 Å². The standard InChI is InChI=1S/C21H28ClN3O3S/c1-28-21-10-5-4-9-20(21)25-15-13-24(14-16-25)12-6-11-23-29(26,27)17-18-7-2-3-8-19(18)22/h2-5,7-10,23H,6,11-17H2,1H3. The molecule has 158 valence electrons. The van der Waals surface area contributed by atoms with Gasteiger partial charge in [-0.2, -0.15) is 0 Å². The Kier molecular flexibility index (Phi) is 7.77. The molecule has 0 radical (unpaired) electrons. The summed E-state index contributed by atoms with van der Waals surface area (Å²) in [5.74, 6) is 0.804. The number of halogens is 1. The van der Waals surface area contributed by atoms with E-state index in [4.69, 9.17) is 16.3 Å². The summed E-state index contributed by atoms with van der Waals surface area (Å²) in [4.78, 5) is 4.70. The van der Waals surface area contributed by atoms with Gasteiger partial charge in [0.05, 0.1) is 18.6 Å². The number of para-hydroxylation sites is 2. The van der Waals surface area contributed by atoms with Crippen LogP contribution in [0.25, 0.3) is 0 Å². The SMILES string of the molecule is COc1ccccc1N1CCN(CCCNS(=O)(=O)Cc2ccccc2Cl)CC1. The molecule has 3 rings (SSSR count). The Morgan fingerprint density at radius 3 is 2.45 bits per heavy atom. The highest BCUT2D eigenvalue weighted by Crippen LogP contribution is 2.28. The Labute approximate surface area is 178 Å². The Morgan fingerprint density at radius 2 is 1.72 bits per heavy atom. The highest BCUT2D eigenvalue weighted by atomic mass is 35.5. The maximum Gasteiger partial charge on any atom is 0.215 e. The van der Waals surface area contributed by atoms with Gasteiger partial charge in [0, 0.05) is 37.7 Å². The van der Waals surface area contributed by atoms with Gasteiger partial charge in [0.1, 0.15) is 5.75 Å². The number of anilines is 1. The van der Waals surface area contributed by atoms with E-state index >= 15 is 0 Å². The van der Waals surface area contributed by atoms with Gasteiger partial charge in [0.2, 0.25) is 10.0 Å². The lowest BCUT2D eigenvalue weighted by Crippen LogP contribution is -2.47. The lowest BCUT2D eigenvalue weighted by atomic mass is 10.2. The van der Waals surface area contributed by atoms with Crippen molar-refractivity contribution in [3.05, 3.63) is 59.1 Å². The lowest BCUT2D eigenvalue weighted by molar-refractivity contribution is 0.254. The Balaban J connectivity index is 1.39. The quantitative estimate of drug-likeness (QED) is 0.611. The summed E-state index contributed by atoms with van der Waals surface area (Å²) in [6, 6.07) is 15.1. The molecule has 8 heteroatoms. The molecular weight excluding hydrogens is 410 g/mol. The fourth-order valence-electron chi connectivity index (χ4n) is 3.50. The number of hydrogen-bond acceptors (Lipinski definition) is 5. The van der Waals surface area contributed by atoms with Gasteiger partial charge in [0.15, 0.2) is 0 Å². The minimum atomic E-state index is -3.39. The Bertz CT molecular complexity index is 900. The number of piperazine rings is 1. The van der Waals surface area contributed by atoms with Crippen molar-refractivity contribution in [2.45, 2.75) is 12.2 Å². The number of nitrogens with zero attached hydrogens (tertiary/aromatic N) is 2. The molecule has 1 N–H and O–H groups in total. The second-order valence-electron chi connectivity index (χ2n) is 7.10. The largest absolute Gasteiger partial charge is 0.495 e. The molecule has 0 aromatic heterocycles. The molecule has 2 aromatic carbocycles. The van der Waals surface area contributed by atoms with Gasteiger partial charge in [-0.3, -0.25) is 4.90 Å². The van der Waals surface area contributed by atoms with Crippen LogP contribution in [-0.4, -0.2) is 59.7 Å². The predicted octanol–water partition coefficient (Wildman–Crippen LogP) is 2.98. The molecule has 1 aliphatic rings. The summed E-state index contributed by atoms with van der Waals surface area (Å²) in [6.07, 6.45) is 0.774. The van der Waals surface area contributed by atoms with Crippen LogP contribution in [0.2, 0.25) is 5.02 Å². The summed E-state index contributed by atoms with van der Waals surface area (Å²) in [5.41, 5.74) is 1.75. The number of nitrogens with one attached hydrogen (secondary N) is 1. The first kappa shape index (κ1) is 21.9. The van der Waals surface area contributed by atoms with Crippen LogP contribution < -0.4 is 14.4 Å². The van der Waals surface area contributed by atoms with E-state index in [1.165, 1.54) is 0 Å². The van der Waals surface area contributed by atoms with E-state index in [1.54, 1.807) is 31.4 Å². The van der Waals surface area contributed by atoms with Crippen molar-refractivity contribution < 1.29 is 13.2 Å². The first-order valence-electron chi connectivity index (χ1n) is 9.79. The number of ether oxygens (including phenoxy) is 1. The summed E-state index contributed by atoms with van der Waals surface area (Å²) in [5, 5.41) is 0.478. The second kappa shape index (κ2) is 10.3. The van der Waals surface area contributed by atoms with E-state index in [9.17, 15) is 8.42 Å². The Hall–Kier alpha value is -1.80. The third-order valence-electron chi connectivity index (χ3n) is 5.07. The number of benzene rings is 2. The van der Waals surface area contributed by atoms with E-state index in [2.05, 4.69) is 20.6 Å². The minimum Gasteiger partial charge on any atom is -0.495 e. The van der Waals surface area contributed by atoms with Crippen molar-refractivity contribution in [2.24, 2.45) is 0 Å². The second-order valence-corrected chi connectivity index (χ2v) is 9.31. The van der Waals surface area contributed by atoms with Gasteiger partial charge in [0.25, 0.3) is 0 Å². The molecule has 0 aliphatic carbocycles. The van der Waals surface area contributed by atoms with Crippen LogP contribution in [0.3, 0.4) is 0 Å². The number of methoxy groups -OCH3 is 1. The van der Waals surface area contributed by atoms with Gasteiger partial charge in [-0.1, -0.05) is 41.9 Å². The van der Waals surface area contributed by atoms with Crippen LogP contribution in [0, 0.1) is 0 Å². The monoisotopic (exact) mass is 437 g/mol. The van der Waals surface area contributed by atoms with Crippen molar-refractivity contribution >= 4 is 27.3 Å². The average molecular weight is 438 g/mol. The zero-order valence-electron chi connectivity index (χ0n) is 16.7. The third-order valence-corrected chi connectivity index (χ3v) is 6.78. The molecule has 29 heavy (non-hydrogen) atoms. The summed E-state index contributed by atoms with van der Waals surface area (Å²) >= 11 is 6.06. The third kappa shape index (κ3) is 6.34. The molecule has 2 aromatic rings. The molecule has 0 bridgehead atoms. The molecule has 1 heterocycles. The van der Waals surface area contributed by atoms with Gasteiger partial charge >= 0.3 is 0 Å². The van der Waals surface area contributed by atoms with Gasteiger partial charge < -0.3 is 9.64 Å². The molecule has 0 saturated carbocycles. The van der Waals surface area contributed by atoms with E-state index in [0.29, 0.717) is 17.1 Å². The molecule has 0 spiro atoms. The van der Waals surface area contributed by atoms with Gasteiger partial charge in [-0.15, -0.1) is 0 Å². The highest BCUT2D eigenvalue weighted by molar-refractivity contribution is 7.88. The van der Waals surface area contributed by atoms with E-state index in [1.807, 2.05) is 18.2 Å². The fourth-order valence-corrected chi connectivity index (χ4v) is 5.01. The molecular formula is C21H28ClN3O3S. The molecule has 0 amide bonds. The first-order valence-corrected chi connectivity index (χ1v) is 11.8. The van der Waals surface area contributed by atoms with Gasteiger partial charge in [-0.05, 0) is 36.7 Å². The van der Waals surface area contributed by atoms with E-state index in [-0.39, 0.29) is 5.75 Å². The van der Waals surface area contributed by atoms with Crippen molar-refractivity contribution in [1.29, 1.82) is 0 Å². The first-order chi connectivity index (χ1) is 14.0. The van der Waals surface area contributed by atoms with Crippen molar-refractivity contribution in [3.63, 3.8) is 0 Å². The molecule has 1 saturated heterocycles. The predicted molar refractivity (Wildman–Crippen MR) is 118 cm³/mol. The van der Waals surface area contributed by atoms with Crippen LogP contribution in [0.1, 0.15) is 12.0 Å². The van der Waals surface area contributed by atoms with E-state index in [0.717, 1.165) is 50.6 Å². The maximum absolute atomic E-state index is 12.3. The van der Waals surface area contributed by atoms with Crippen LogP contribution >= 0.6 is 11.6 Å². The zero-order valence-corrected chi connectivity index (χ0v) is 18.3. The highest BCUT2D eigenvalue weighted by Gasteiger charge is 2.19. The van der Waals surface area contributed by atoms with Crippen molar-refractivity contribution in [2.75, 3.05) is 51.3 Å². The molecule has 0 atom stereocenters. The molecule has 1 aliphatic heterocycles. The molecule has 0 unspecified atom stereocenters. The summed E-state index contributed by atoms with van der Waals surface area (Å²) < 4.78 is 32.7. The minimum absolute atomic E-state index is 0.0930. The van der Waals surface area contributed by atoms with Crippen LogP contribution in [0.4, 0.5) is 5.69 Å². The number of rotatable bonds is 9. The maximum atomic E-state index is 12.3. The van der Waals surface area contributed by atoms with Crippen LogP contribution in [0.5, 0.6) is 5.75 Å². The van der Waals surface area contributed by atoms with Crippen LogP contribution in [-0.2, 0) is 15.8 Å². The summed E-state index contributed by atoms with van der Waals surface area (Å²) in [7, 11) is -1.69. The van der Waals surface area contributed by atoms with Gasteiger partial charge in [-0.25, -0.2) is 13.1 Å². The zero-order chi connectivity index (χ0) is 20.7. The molecule has 1 fully saturated rings. The molecule has 6 nitrogen and oxygen atoms in total. The normalized spacial score (nSPS) is 15.4. The van der Waals surface area contributed by atoms with Crippen molar-refractivity contribution in [1.82, 2.24) is 9.62 Å². The average Bonchev–Trinajstić information content (AvgIpc) is 2.73. The topological polar surface area (TPSA) is 61.9 Å². The summed E-state index contributed by atoms with van der Waals surface area (Å²) in [6.45, 7) is 5.06. The van der Waals surface area contributed by atoms with Crippen LogP contribution in [0.15, 0.2) is 48.5 Å². The Morgan fingerprint density at radius 1 is 1.03 bits per heavy atom. The fraction of sp³-hybridized carbons (Fsp3) is 0.429. The lowest BCUT2D eigenvalue weighted by Gasteiger charge is -2.36. The number of hydrogen-bond donors (Lipinski definition) is 1. The van der Waals surface area contributed by atoms with Crippen molar-refractivity contribution in [3.8, 4) is 5.75 Å². The smallest absolute Gasteiger partial charge is 0.215 e. The number of sulfonamides is 1.